The molecule has 1 atom stereocenters. The molecule has 0 radical (unpaired) electrons. The lowest BCUT2D eigenvalue weighted by Crippen LogP contribution is -2.42. The average Bonchev–Trinajstić information content (AvgIpc) is 3.01. The molecular weight excluding hydrogens is 250 g/mol. The van der Waals surface area contributed by atoms with Crippen LogP contribution in [0.2, 0.25) is 0 Å². The first kappa shape index (κ1) is 15.8. The fraction of sp³-hybridized carbons (Fsp3) is 0.938. The summed E-state index contributed by atoms with van der Waals surface area (Å²) >= 11 is 0. The van der Waals surface area contributed by atoms with Crippen molar-refractivity contribution in [2.75, 3.05) is 39.3 Å². The van der Waals surface area contributed by atoms with Crippen LogP contribution in [0.25, 0.3) is 0 Å². The van der Waals surface area contributed by atoms with Gasteiger partial charge in [0, 0.05) is 32.1 Å². The highest BCUT2D eigenvalue weighted by molar-refractivity contribution is 5.76. The minimum absolute atomic E-state index is 0.336. The number of amides is 1. The summed E-state index contributed by atoms with van der Waals surface area (Å²) in [6.45, 7) is 11.0. The van der Waals surface area contributed by atoms with Crippen molar-refractivity contribution in [1.82, 2.24) is 15.1 Å². The highest BCUT2D eigenvalue weighted by atomic mass is 16.2. The quantitative estimate of drug-likeness (QED) is 0.805. The summed E-state index contributed by atoms with van der Waals surface area (Å²) in [5.41, 5.74) is 0. The van der Waals surface area contributed by atoms with E-state index in [1.807, 2.05) is 4.90 Å². The number of piperidine rings is 1. The maximum Gasteiger partial charge on any atom is 0.223 e. The molecule has 0 spiro atoms. The van der Waals surface area contributed by atoms with Gasteiger partial charge >= 0.3 is 0 Å². The first-order valence-corrected chi connectivity index (χ1v) is 8.44. The monoisotopic (exact) mass is 281 g/mol. The minimum atomic E-state index is 0.336. The number of likely N-dealkylation sites (tertiary alicyclic amines) is 2. The number of hydrogen-bond donors (Lipinski definition) is 1. The summed E-state index contributed by atoms with van der Waals surface area (Å²) in [5, 5.41) is 3.57. The molecule has 0 aliphatic carbocycles. The van der Waals surface area contributed by atoms with Crippen molar-refractivity contribution in [1.29, 1.82) is 0 Å². The van der Waals surface area contributed by atoms with Crippen LogP contribution in [0.3, 0.4) is 0 Å². The Morgan fingerprint density at radius 1 is 1.20 bits per heavy atom. The SMILES string of the molecule is CCN1CCC(C(C)NCCC(=O)N2CCCC2)CC1. The fourth-order valence-electron chi connectivity index (χ4n) is 3.47. The third-order valence-electron chi connectivity index (χ3n) is 5.05. The van der Waals surface area contributed by atoms with Gasteiger partial charge in [-0.1, -0.05) is 6.92 Å². The summed E-state index contributed by atoms with van der Waals surface area (Å²) in [4.78, 5) is 16.5. The van der Waals surface area contributed by atoms with Gasteiger partial charge in [0.1, 0.15) is 0 Å². The molecule has 0 aromatic carbocycles. The highest BCUT2D eigenvalue weighted by Crippen LogP contribution is 2.20. The summed E-state index contributed by atoms with van der Waals surface area (Å²) in [5.74, 6) is 1.11. The van der Waals surface area contributed by atoms with E-state index in [-0.39, 0.29) is 0 Å². The fourth-order valence-corrected chi connectivity index (χ4v) is 3.47. The molecule has 1 N–H and O–H groups in total. The van der Waals surface area contributed by atoms with Crippen LogP contribution in [0.5, 0.6) is 0 Å². The van der Waals surface area contributed by atoms with Gasteiger partial charge in [0.05, 0.1) is 0 Å². The third kappa shape index (κ3) is 4.45. The van der Waals surface area contributed by atoms with Crippen LogP contribution in [-0.4, -0.2) is 61.0 Å². The summed E-state index contributed by atoms with van der Waals surface area (Å²) < 4.78 is 0. The lowest BCUT2D eigenvalue weighted by molar-refractivity contribution is -0.130. The molecule has 116 valence electrons. The zero-order chi connectivity index (χ0) is 14.4. The van der Waals surface area contributed by atoms with Gasteiger partial charge < -0.3 is 15.1 Å². The largest absolute Gasteiger partial charge is 0.343 e. The van der Waals surface area contributed by atoms with Crippen molar-refractivity contribution >= 4 is 5.91 Å². The summed E-state index contributed by atoms with van der Waals surface area (Å²) in [6, 6.07) is 0.542. The number of carbonyl (C=O) groups excluding carboxylic acids is 1. The van der Waals surface area contributed by atoms with Crippen LogP contribution in [0.15, 0.2) is 0 Å². The molecule has 2 aliphatic heterocycles. The molecule has 0 saturated carbocycles. The Labute approximate surface area is 123 Å². The molecule has 2 aliphatic rings. The van der Waals surface area contributed by atoms with Crippen molar-refractivity contribution in [3.63, 3.8) is 0 Å². The second-order valence-corrected chi connectivity index (χ2v) is 6.35. The van der Waals surface area contributed by atoms with E-state index in [2.05, 4.69) is 24.1 Å². The number of nitrogens with one attached hydrogen (secondary N) is 1. The number of nitrogens with zero attached hydrogens (tertiary/aromatic N) is 2. The van der Waals surface area contributed by atoms with E-state index < -0.39 is 0 Å². The minimum Gasteiger partial charge on any atom is -0.343 e. The van der Waals surface area contributed by atoms with Gasteiger partial charge in [0.25, 0.3) is 0 Å². The normalized spacial score (nSPS) is 23.2. The van der Waals surface area contributed by atoms with Gasteiger partial charge in [-0.25, -0.2) is 0 Å². The van der Waals surface area contributed by atoms with Crippen molar-refractivity contribution in [2.45, 2.75) is 52.0 Å². The van der Waals surface area contributed by atoms with Crippen molar-refractivity contribution in [3.8, 4) is 0 Å². The molecule has 0 aromatic heterocycles. The zero-order valence-corrected chi connectivity index (χ0v) is 13.2. The molecule has 0 bridgehead atoms. The molecule has 2 heterocycles. The zero-order valence-electron chi connectivity index (χ0n) is 13.2. The molecule has 1 unspecified atom stereocenters. The Balaban J connectivity index is 1.60. The van der Waals surface area contributed by atoms with E-state index in [1.165, 1.54) is 45.3 Å². The van der Waals surface area contributed by atoms with Gasteiger partial charge in [0.15, 0.2) is 0 Å². The van der Waals surface area contributed by atoms with E-state index >= 15 is 0 Å². The molecule has 2 saturated heterocycles. The molecule has 2 rings (SSSR count). The molecule has 20 heavy (non-hydrogen) atoms. The predicted molar refractivity (Wildman–Crippen MR) is 82.7 cm³/mol. The number of rotatable bonds is 6. The smallest absolute Gasteiger partial charge is 0.223 e. The molecule has 4 nitrogen and oxygen atoms in total. The highest BCUT2D eigenvalue weighted by Gasteiger charge is 2.23. The Bertz CT molecular complexity index is 294. The Morgan fingerprint density at radius 2 is 1.85 bits per heavy atom. The lowest BCUT2D eigenvalue weighted by Gasteiger charge is -2.34. The third-order valence-corrected chi connectivity index (χ3v) is 5.05. The van der Waals surface area contributed by atoms with Gasteiger partial charge in [-0.3, -0.25) is 4.79 Å². The van der Waals surface area contributed by atoms with Crippen LogP contribution in [-0.2, 0) is 4.79 Å². The van der Waals surface area contributed by atoms with Gasteiger partial charge in [-0.2, -0.15) is 0 Å². The van der Waals surface area contributed by atoms with E-state index in [4.69, 9.17) is 0 Å². The first-order chi connectivity index (χ1) is 9.70. The van der Waals surface area contributed by atoms with E-state index in [0.29, 0.717) is 18.4 Å². The number of carbonyl (C=O) groups is 1. The van der Waals surface area contributed by atoms with Crippen molar-refractivity contribution in [3.05, 3.63) is 0 Å². The standard InChI is InChI=1S/C16H31N3O/c1-3-18-12-7-15(8-13-18)14(2)17-9-6-16(20)19-10-4-5-11-19/h14-15,17H,3-13H2,1-2H3. The van der Waals surface area contributed by atoms with E-state index in [9.17, 15) is 4.79 Å². The second-order valence-electron chi connectivity index (χ2n) is 6.35. The Hall–Kier alpha value is -0.610. The van der Waals surface area contributed by atoms with Gasteiger partial charge in [-0.05, 0) is 58.2 Å². The van der Waals surface area contributed by atoms with E-state index in [1.54, 1.807) is 0 Å². The summed E-state index contributed by atoms with van der Waals surface area (Å²) in [6.07, 6.45) is 5.62. The van der Waals surface area contributed by atoms with Gasteiger partial charge in [0.2, 0.25) is 5.91 Å². The molecular formula is C16H31N3O. The van der Waals surface area contributed by atoms with Gasteiger partial charge in [-0.15, -0.1) is 0 Å². The molecule has 1 amide bonds. The first-order valence-electron chi connectivity index (χ1n) is 8.44. The Morgan fingerprint density at radius 3 is 2.45 bits per heavy atom. The van der Waals surface area contributed by atoms with Crippen LogP contribution in [0, 0.1) is 5.92 Å². The van der Waals surface area contributed by atoms with Crippen LogP contribution in [0.4, 0.5) is 0 Å². The topological polar surface area (TPSA) is 35.6 Å². The van der Waals surface area contributed by atoms with E-state index in [0.717, 1.165) is 25.6 Å². The Kier molecular flexibility index (Phi) is 6.30. The predicted octanol–water partition coefficient (Wildman–Crippen LogP) is 1.71. The second kappa shape index (κ2) is 7.99. The maximum atomic E-state index is 12.0. The van der Waals surface area contributed by atoms with Crippen LogP contribution >= 0.6 is 0 Å². The molecule has 4 heteroatoms. The molecule has 2 fully saturated rings. The average molecular weight is 281 g/mol. The number of hydrogen-bond acceptors (Lipinski definition) is 3. The van der Waals surface area contributed by atoms with Crippen LogP contribution in [0.1, 0.15) is 46.0 Å². The van der Waals surface area contributed by atoms with Crippen molar-refractivity contribution in [2.24, 2.45) is 5.92 Å². The van der Waals surface area contributed by atoms with Crippen molar-refractivity contribution < 1.29 is 4.79 Å². The van der Waals surface area contributed by atoms with Crippen LogP contribution < -0.4 is 5.32 Å². The lowest BCUT2D eigenvalue weighted by atomic mass is 9.90. The summed E-state index contributed by atoms with van der Waals surface area (Å²) in [7, 11) is 0. The molecule has 0 aromatic rings. The maximum absolute atomic E-state index is 12.0.